The molecule has 1 nitrogen and oxygen atoms in total. The number of aliphatic hydroxyl groups excluding tert-OH is 1. The summed E-state index contributed by atoms with van der Waals surface area (Å²) in [6.45, 7) is 2.23. The number of benzene rings is 2. The molecule has 0 fully saturated rings. The summed E-state index contributed by atoms with van der Waals surface area (Å²) in [7, 11) is 0. The van der Waals surface area contributed by atoms with E-state index in [0.29, 0.717) is 0 Å². The van der Waals surface area contributed by atoms with Crippen molar-refractivity contribution in [1.82, 2.24) is 0 Å². The minimum absolute atomic E-state index is 0.110. The summed E-state index contributed by atoms with van der Waals surface area (Å²) in [6.07, 6.45) is 0. The molecule has 1 N–H and O–H groups in total. The molecule has 1 atom stereocenters. The Bertz CT molecular complexity index is 450. The van der Waals surface area contributed by atoms with Crippen LogP contribution in [-0.4, -0.2) is 11.7 Å². The van der Waals surface area contributed by atoms with Gasteiger partial charge in [-0.1, -0.05) is 48.0 Å². The van der Waals surface area contributed by atoms with Crippen molar-refractivity contribution in [2.75, 3.05) is 6.61 Å². The van der Waals surface area contributed by atoms with Gasteiger partial charge >= 0.3 is 0 Å². The van der Waals surface area contributed by atoms with Crippen LogP contribution >= 0.6 is 11.8 Å². The van der Waals surface area contributed by atoms with E-state index in [4.69, 9.17) is 0 Å². The van der Waals surface area contributed by atoms with Gasteiger partial charge in [0.05, 0.1) is 11.9 Å². The second-order valence-corrected chi connectivity index (χ2v) is 5.29. The Morgan fingerprint density at radius 1 is 1.00 bits per heavy atom. The normalized spacial score (nSPS) is 12.4. The van der Waals surface area contributed by atoms with Crippen LogP contribution in [0, 0.1) is 6.92 Å². The standard InChI is InChI=1S/C15H16OS/c1-12-7-9-14(10-8-12)17-15(11-16)13-5-3-2-4-6-13/h2-10,15-16H,11H2,1H3. The highest BCUT2D eigenvalue weighted by Crippen LogP contribution is 2.34. The zero-order valence-corrected chi connectivity index (χ0v) is 10.7. The largest absolute Gasteiger partial charge is 0.395 e. The molecule has 0 aromatic heterocycles. The Morgan fingerprint density at radius 3 is 2.24 bits per heavy atom. The van der Waals surface area contributed by atoms with Crippen LogP contribution in [0.15, 0.2) is 59.5 Å². The molecule has 88 valence electrons. The van der Waals surface area contributed by atoms with Crippen LogP contribution in [-0.2, 0) is 0 Å². The van der Waals surface area contributed by atoms with Gasteiger partial charge in [-0.25, -0.2) is 0 Å². The van der Waals surface area contributed by atoms with Crippen molar-refractivity contribution in [2.24, 2.45) is 0 Å². The molecule has 0 bridgehead atoms. The second-order valence-electron chi connectivity index (χ2n) is 4.01. The van der Waals surface area contributed by atoms with E-state index in [9.17, 15) is 5.11 Å². The van der Waals surface area contributed by atoms with Crippen LogP contribution in [0.2, 0.25) is 0 Å². The van der Waals surface area contributed by atoms with Crippen LogP contribution in [0.1, 0.15) is 16.4 Å². The fourth-order valence-electron chi connectivity index (χ4n) is 1.66. The molecule has 2 rings (SSSR count). The Kier molecular flexibility index (Phi) is 4.24. The predicted octanol–water partition coefficient (Wildman–Crippen LogP) is 3.82. The lowest BCUT2D eigenvalue weighted by Gasteiger charge is -2.14. The average Bonchev–Trinajstić information content (AvgIpc) is 2.39. The number of thioether (sulfide) groups is 1. The van der Waals surface area contributed by atoms with Crippen molar-refractivity contribution in [2.45, 2.75) is 17.1 Å². The first-order valence-electron chi connectivity index (χ1n) is 5.69. The fraction of sp³-hybridized carbons (Fsp3) is 0.200. The van der Waals surface area contributed by atoms with E-state index in [1.165, 1.54) is 16.0 Å². The van der Waals surface area contributed by atoms with E-state index >= 15 is 0 Å². The van der Waals surface area contributed by atoms with Gasteiger partial charge < -0.3 is 5.11 Å². The number of aliphatic hydroxyl groups is 1. The highest BCUT2D eigenvalue weighted by Gasteiger charge is 2.11. The number of hydrogen-bond acceptors (Lipinski definition) is 2. The molecule has 1 unspecified atom stereocenters. The highest BCUT2D eigenvalue weighted by molar-refractivity contribution is 7.99. The first-order chi connectivity index (χ1) is 8.29. The summed E-state index contributed by atoms with van der Waals surface area (Å²) < 4.78 is 0. The Balaban J connectivity index is 2.13. The van der Waals surface area contributed by atoms with Gasteiger partial charge in [0.1, 0.15) is 0 Å². The van der Waals surface area contributed by atoms with Crippen molar-refractivity contribution >= 4 is 11.8 Å². The Hall–Kier alpha value is -1.25. The molecule has 0 aliphatic heterocycles. The van der Waals surface area contributed by atoms with Crippen molar-refractivity contribution in [1.29, 1.82) is 0 Å². The monoisotopic (exact) mass is 244 g/mol. The molecule has 17 heavy (non-hydrogen) atoms. The molecular weight excluding hydrogens is 228 g/mol. The van der Waals surface area contributed by atoms with Gasteiger partial charge in [0.2, 0.25) is 0 Å². The first kappa shape index (κ1) is 12.2. The quantitative estimate of drug-likeness (QED) is 0.825. The summed E-state index contributed by atoms with van der Waals surface area (Å²) in [5.41, 5.74) is 2.43. The maximum absolute atomic E-state index is 9.47. The molecule has 0 aliphatic carbocycles. The van der Waals surface area contributed by atoms with Crippen LogP contribution in [0.4, 0.5) is 0 Å². The molecule has 2 heteroatoms. The molecule has 2 aromatic rings. The molecule has 2 aromatic carbocycles. The summed E-state index contributed by atoms with van der Waals surface area (Å²) in [4.78, 5) is 1.19. The highest BCUT2D eigenvalue weighted by atomic mass is 32.2. The summed E-state index contributed by atoms with van der Waals surface area (Å²) >= 11 is 1.70. The van der Waals surface area contributed by atoms with E-state index in [-0.39, 0.29) is 11.9 Å². The number of aryl methyl sites for hydroxylation is 1. The van der Waals surface area contributed by atoms with Gasteiger partial charge in [-0.2, -0.15) is 0 Å². The lowest BCUT2D eigenvalue weighted by Crippen LogP contribution is -1.99. The van der Waals surface area contributed by atoms with Gasteiger partial charge in [0, 0.05) is 4.90 Å². The predicted molar refractivity (Wildman–Crippen MR) is 73.3 cm³/mol. The molecule has 0 heterocycles. The van der Waals surface area contributed by atoms with E-state index in [0.717, 1.165) is 0 Å². The van der Waals surface area contributed by atoms with Crippen LogP contribution < -0.4 is 0 Å². The first-order valence-corrected chi connectivity index (χ1v) is 6.56. The number of hydrogen-bond donors (Lipinski definition) is 1. The molecule has 0 spiro atoms. The second kappa shape index (κ2) is 5.89. The van der Waals surface area contributed by atoms with E-state index in [2.05, 4.69) is 43.3 Å². The van der Waals surface area contributed by atoms with Crippen LogP contribution in [0.5, 0.6) is 0 Å². The minimum atomic E-state index is 0.110. The Labute approximate surface area is 107 Å². The van der Waals surface area contributed by atoms with Gasteiger partial charge in [0.25, 0.3) is 0 Å². The number of rotatable bonds is 4. The zero-order valence-electron chi connectivity index (χ0n) is 9.84. The van der Waals surface area contributed by atoms with Crippen molar-refractivity contribution < 1.29 is 5.11 Å². The minimum Gasteiger partial charge on any atom is -0.395 e. The molecule has 0 amide bonds. The average molecular weight is 244 g/mol. The Morgan fingerprint density at radius 2 is 1.65 bits per heavy atom. The van der Waals surface area contributed by atoms with E-state index < -0.39 is 0 Å². The fourth-order valence-corrected chi connectivity index (χ4v) is 2.65. The third kappa shape index (κ3) is 3.35. The topological polar surface area (TPSA) is 20.2 Å². The van der Waals surface area contributed by atoms with Gasteiger partial charge in [0.15, 0.2) is 0 Å². The molecular formula is C15H16OS. The maximum atomic E-state index is 9.47. The van der Waals surface area contributed by atoms with Crippen molar-refractivity contribution in [3.63, 3.8) is 0 Å². The summed E-state index contributed by atoms with van der Waals surface area (Å²) in [6, 6.07) is 18.5. The van der Waals surface area contributed by atoms with Crippen LogP contribution in [0.3, 0.4) is 0 Å². The van der Waals surface area contributed by atoms with Gasteiger partial charge in [-0.3, -0.25) is 0 Å². The van der Waals surface area contributed by atoms with E-state index in [1.54, 1.807) is 11.8 Å². The maximum Gasteiger partial charge on any atom is 0.0594 e. The van der Waals surface area contributed by atoms with Gasteiger partial charge in [-0.05, 0) is 24.6 Å². The summed E-state index contributed by atoms with van der Waals surface area (Å²) in [5.74, 6) is 0. The lowest BCUT2D eigenvalue weighted by molar-refractivity contribution is 0.296. The van der Waals surface area contributed by atoms with Crippen LogP contribution in [0.25, 0.3) is 0 Å². The SMILES string of the molecule is Cc1ccc(SC(CO)c2ccccc2)cc1. The smallest absolute Gasteiger partial charge is 0.0594 e. The van der Waals surface area contributed by atoms with E-state index in [1.807, 2.05) is 18.2 Å². The molecule has 0 saturated carbocycles. The molecule has 0 saturated heterocycles. The van der Waals surface area contributed by atoms with Gasteiger partial charge in [-0.15, -0.1) is 11.8 Å². The molecule has 0 aliphatic rings. The molecule has 0 radical (unpaired) electrons. The summed E-state index contributed by atoms with van der Waals surface area (Å²) in [5, 5.41) is 9.58. The third-order valence-electron chi connectivity index (χ3n) is 2.64. The van der Waals surface area contributed by atoms with Crippen molar-refractivity contribution in [3.05, 3.63) is 65.7 Å². The lowest BCUT2D eigenvalue weighted by atomic mass is 10.2. The van der Waals surface area contributed by atoms with Crippen molar-refractivity contribution in [3.8, 4) is 0 Å². The zero-order chi connectivity index (χ0) is 12.1. The third-order valence-corrected chi connectivity index (χ3v) is 3.89.